The van der Waals surface area contributed by atoms with E-state index in [2.05, 4.69) is 56.7 Å². The SMILES string of the molecule is CC(C)c1cccc(-c2ccc(S(=O)(=O)N(C)C3CCCCc4c(OCC(=O)OC(C)(C)C)cccc43)cc2)c1.CC(C)c1cccc(-c2ccc(S(=O)(=O)NC3CCCCc4c(OCC(=O)OC(C)(C)C)cccc43)cc2)c1. The Hall–Kier alpha value is -6.32. The minimum absolute atomic E-state index is 0.195. The third-order valence-corrected chi connectivity index (χ3v) is 17.5. The molecule has 0 fully saturated rings. The van der Waals surface area contributed by atoms with Crippen LogP contribution in [0.1, 0.15) is 165 Å². The number of rotatable bonds is 16. The third-order valence-electron chi connectivity index (χ3n) is 14.1. The Bertz CT molecular complexity index is 3280. The van der Waals surface area contributed by atoms with Crippen LogP contribution in [0.15, 0.2) is 143 Å². The van der Waals surface area contributed by atoms with E-state index in [1.807, 2.05) is 126 Å². The molecule has 8 rings (SSSR count). The van der Waals surface area contributed by atoms with Gasteiger partial charge in [-0.25, -0.2) is 31.1 Å². The minimum Gasteiger partial charge on any atom is -0.482 e. The molecule has 6 aromatic carbocycles. The summed E-state index contributed by atoms with van der Waals surface area (Å²) < 4.78 is 81.4. The molecule has 2 atom stereocenters. The summed E-state index contributed by atoms with van der Waals surface area (Å²) in [5, 5.41) is 0. The standard InChI is InChI=1S/C33H41NO5S.C32H39NO5S/c1-23(2)25-11-9-12-26(21-25)24-17-19-27(20-18-24)40(36,37)34(6)30-15-8-7-13-29-28(30)14-10-16-31(29)38-22-32(35)39-33(3,4)5;1-22(2)24-10-8-11-25(20-24)23-16-18-26(19-17-23)39(35,36)33-29-14-7-6-12-28-27(29)13-9-15-30(28)37-21-31(34)38-32(3,4)5/h9-12,14,16-21,23,30H,7-8,13,15,22H2,1-6H3;8-11,13,15-20,22,29,33H,6-7,12,14,21H2,1-5H3. The van der Waals surface area contributed by atoms with Crippen LogP contribution >= 0.6 is 0 Å². The lowest BCUT2D eigenvalue weighted by Crippen LogP contribution is -2.31. The molecule has 0 radical (unpaired) electrons. The van der Waals surface area contributed by atoms with Gasteiger partial charge in [-0.3, -0.25) is 0 Å². The zero-order valence-electron chi connectivity index (χ0n) is 47.9. The van der Waals surface area contributed by atoms with Crippen LogP contribution in [0.2, 0.25) is 0 Å². The monoisotopic (exact) mass is 1110 g/mol. The molecule has 2 aliphatic carbocycles. The van der Waals surface area contributed by atoms with Gasteiger partial charge in [0, 0.05) is 13.1 Å². The molecule has 2 aliphatic rings. The molecule has 12 nitrogen and oxygen atoms in total. The minimum atomic E-state index is -3.76. The molecule has 0 aliphatic heterocycles. The Balaban J connectivity index is 0.000000229. The maximum Gasteiger partial charge on any atom is 0.344 e. The summed E-state index contributed by atoms with van der Waals surface area (Å²) in [6, 6.07) is 41.4. The molecule has 0 heterocycles. The van der Waals surface area contributed by atoms with E-state index in [0.717, 1.165) is 83.0 Å². The van der Waals surface area contributed by atoms with E-state index < -0.39 is 43.2 Å². The molecule has 0 saturated heterocycles. The highest BCUT2D eigenvalue weighted by atomic mass is 32.2. The Morgan fingerprint density at radius 3 is 1.44 bits per heavy atom. The van der Waals surface area contributed by atoms with Gasteiger partial charge in [0.25, 0.3) is 0 Å². The molecule has 0 spiro atoms. The Morgan fingerprint density at radius 2 is 0.975 bits per heavy atom. The largest absolute Gasteiger partial charge is 0.482 e. The van der Waals surface area contributed by atoms with Crippen molar-refractivity contribution in [3.05, 3.63) is 167 Å². The summed E-state index contributed by atoms with van der Waals surface area (Å²) >= 11 is 0. The first-order chi connectivity index (χ1) is 37.3. The Labute approximate surface area is 470 Å². The quantitative estimate of drug-likeness (QED) is 0.0731. The summed E-state index contributed by atoms with van der Waals surface area (Å²) in [6.45, 7) is 19.1. The second-order valence-electron chi connectivity index (χ2n) is 23.2. The van der Waals surface area contributed by atoms with Crippen LogP contribution < -0.4 is 14.2 Å². The maximum atomic E-state index is 13.8. The summed E-state index contributed by atoms with van der Waals surface area (Å²) in [5.74, 6) is 1.16. The van der Waals surface area contributed by atoms with Gasteiger partial charge >= 0.3 is 11.9 Å². The zero-order valence-corrected chi connectivity index (χ0v) is 49.6. The van der Waals surface area contributed by atoms with Crippen molar-refractivity contribution in [2.75, 3.05) is 20.3 Å². The van der Waals surface area contributed by atoms with E-state index in [1.54, 1.807) is 31.3 Å². The summed E-state index contributed by atoms with van der Waals surface area (Å²) in [6.07, 6.45) is 6.47. The number of benzene rings is 6. The van der Waals surface area contributed by atoms with E-state index in [0.29, 0.717) is 36.2 Å². The number of hydrogen-bond acceptors (Lipinski definition) is 10. The fourth-order valence-electron chi connectivity index (χ4n) is 10.1. The predicted octanol–water partition coefficient (Wildman–Crippen LogP) is 14.2. The molecule has 6 aromatic rings. The average Bonchev–Trinajstić information content (AvgIpc) is 3.84. The topological polar surface area (TPSA) is 155 Å². The highest BCUT2D eigenvalue weighted by Gasteiger charge is 2.33. The predicted molar refractivity (Wildman–Crippen MR) is 313 cm³/mol. The van der Waals surface area contributed by atoms with Crippen molar-refractivity contribution >= 4 is 32.0 Å². The van der Waals surface area contributed by atoms with E-state index in [1.165, 1.54) is 15.4 Å². The van der Waals surface area contributed by atoms with Gasteiger partial charge in [0.15, 0.2) is 13.2 Å². The fourth-order valence-corrected chi connectivity index (χ4v) is 12.7. The van der Waals surface area contributed by atoms with Gasteiger partial charge < -0.3 is 18.9 Å². The molecular formula is C65H80N2O10S2. The molecule has 2 unspecified atom stereocenters. The van der Waals surface area contributed by atoms with Crippen LogP contribution in [0.4, 0.5) is 0 Å². The van der Waals surface area contributed by atoms with Crippen LogP contribution in [0.3, 0.4) is 0 Å². The first-order valence-corrected chi connectivity index (χ1v) is 30.6. The van der Waals surface area contributed by atoms with Crippen molar-refractivity contribution in [3.63, 3.8) is 0 Å². The normalized spacial score (nSPS) is 15.9. The zero-order chi connectivity index (χ0) is 57.3. The molecule has 422 valence electrons. The number of sulfonamides is 2. The number of carbonyl (C=O) groups is 2. The summed E-state index contributed by atoms with van der Waals surface area (Å²) in [7, 11) is -5.87. The molecule has 0 aromatic heterocycles. The lowest BCUT2D eigenvalue weighted by molar-refractivity contribution is -0.158. The number of esters is 2. The molecule has 0 amide bonds. The van der Waals surface area contributed by atoms with Crippen LogP contribution in [-0.4, -0.2) is 64.5 Å². The molecule has 0 saturated carbocycles. The van der Waals surface area contributed by atoms with Crippen molar-refractivity contribution in [2.45, 2.75) is 166 Å². The first kappa shape index (κ1) is 60.3. The number of hydrogen-bond donors (Lipinski definition) is 1. The van der Waals surface area contributed by atoms with Gasteiger partial charge in [0.2, 0.25) is 20.0 Å². The van der Waals surface area contributed by atoms with Gasteiger partial charge in [-0.15, -0.1) is 0 Å². The summed E-state index contributed by atoms with van der Waals surface area (Å²) in [5.41, 5.74) is 9.10. The summed E-state index contributed by atoms with van der Waals surface area (Å²) in [4.78, 5) is 25.0. The third kappa shape index (κ3) is 16.2. The first-order valence-electron chi connectivity index (χ1n) is 27.6. The highest BCUT2D eigenvalue weighted by molar-refractivity contribution is 7.89. The van der Waals surface area contributed by atoms with E-state index in [4.69, 9.17) is 18.9 Å². The Kier molecular flexibility index (Phi) is 19.7. The number of fused-ring (bicyclic) bond motifs is 2. The van der Waals surface area contributed by atoms with Gasteiger partial charge in [-0.1, -0.05) is 138 Å². The lowest BCUT2D eigenvalue weighted by Gasteiger charge is -2.29. The lowest BCUT2D eigenvalue weighted by atomic mass is 9.97. The van der Waals surface area contributed by atoms with E-state index in [9.17, 15) is 26.4 Å². The van der Waals surface area contributed by atoms with Gasteiger partial charge in [0.05, 0.1) is 15.8 Å². The molecule has 79 heavy (non-hydrogen) atoms. The van der Waals surface area contributed by atoms with Gasteiger partial charge in [-0.2, -0.15) is 4.31 Å². The molecular weight excluding hydrogens is 1030 g/mol. The molecule has 1 N–H and O–H groups in total. The van der Waals surface area contributed by atoms with E-state index >= 15 is 0 Å². The molecule has 14 heteroatoms. The van der Waals surface area contributed by atoms with Crippen LogP contribution in [-0.2, 0) is 52.0 Å². The number of nitrogens with one attached hydrogen (secondary N) is 1. The highest BCUT2D eigenvalue weighted by Crippen LogP contribution is 2.40. The Morgan fingerprint density at radius 1 is 0.544 bits per heavy atom. The smallest absolute Gasteiger partial charge is 0.344 e. The van der Waals surface area contributed by atoms with Crippen LogP contribution in [0.5, 0.6) is 11.5 Å². The number of nitrogens with zero attached hydrogens (tertiary/aromatic N) is 1. The van der Waals surface area contributed by atoms with Crippen molar-refractivity contribution < 1.29 is 45.4 Å². The fraction of sp³-hybridized carbons (Fsp3) is 0.415. The van der Waals surface area contributed by atoms with Crippen LogP contribution in [0.25, 0.3) is 22.3 Å². The second kappa shape index (κ2) is 25.9. The van der Waals surface area contributed by atoms with Crippen molar-refractivity contribution in [1.82, 2.24) is 9.03 Å². The van der Waals surface area contributed by atoms with Crippen LogP contribution in [0, 0.1) is 0 Å². The van der Waals surface area contributed by atoms with E-state index in [-0.39, 0.29) is 35.1 Å². The number of ether oxygens (including phenoxy) is 4. The van der Waals surface area contributed by atoms with Crippen molar-refractivity contribution in [3.8, 4) is 33.8 Å². The maximum absolute atomic E-state index is 13.8. The average molecular weight is 1110 g/mol. The van der Waals surface area contributed by atoms with Gasteiger partial charge in [-0.05, 0) is 184 Å². The van der Waals surface area contributed by atoms with Gasteiger partial charge in [0.1, 0.15) is 22.7 Å². The second-order valence-corrected chi connectivity index (χ2v) is 26.9. The molecule has 0 bridgehead atoms. The number of carbonyl (C=O) groups excluding carboxylic acids is 2. The van der Waals surface area contributed by atoms with Crippen molar-refractivity contribution in [2.24, 2.45) is 0 Å². The van der Waals surface area contributed by atoms with Crippen molar-refractivity contribution in [1.29, 1.82) is 0 Å².